The van der Waals surface area contributed by atoms with Crippen LogP contribution < -0.4 is 5.32 Å². The van der Waals surface area contributed by atoms with Gasteiger partial charge in [-0.1, -0.05) is 0 Å². The number of hydrogen-bond donors (Lipinski definition) is 1. The van der Waals surface area contributed by atoms with E-state index in [-0.39, 0.29) is 5.91 Å². The number of hydrogen-bond acceptors (Lipinski definition) is 3. The quantitative estimate of drug-likeness (QED) is 0.853. The number of nitrogens with zero attached hydrogens (tertiary/aromatic N) is 4. The second-order valence-electron chi connectivity index (χ2n) is 8.01. The van der Waals surface area contributed by atoms with E-state index in [4.69, 9.17) is 0 Å². The fourth-order valence-corrected chi connectivity index (χ4v) is 5.84. The zero-order chi connectivity index (χ0) is 17.0. The lowest BCUT2D eigenvalue weighted by Gasteiger charge is -2.54. The van der Waals surface area contributed by atoms with Gasteiger partial charge in [-0.15, -0.1) is 0 Å². The van der Waals surface area contributed by atoms with Crippen LogP contribution >= 0.6 is 15.9 Å². The van der Waals surface area contributed by atoms with Gasteiger partial charge in [0.15, 0.2) is 0 Å². The molecule has 6 rings (SSSR count). The number of nitrogens with one attached hydrogen (secondary N) is 1. The maximum absolute atomic E-state index is 12.7. The monoisotopic (exact) mass is 403 g/mol. The first-order valence-electron chi connectivity index (χ1n) is 9.16. The Balaban J connectivity index is 1.26. The van der Waals surface area contributed by atoms with E-state index in [1.54, 1.807) is 21.6 Å². The maximum Gasteiger partial charge on any atom is 0.272 e. The molecule has 4 bridgehead atoms. The zero-order valence-electron chi connectivity index (χ0n) is 14.0. The van der Waals surface area contributed by atoms with Crippen molar-refractivity contribution in [2.45, 2.75) is 44.8 Å². The van der Waals surface area contributed by atoms with Crippen molar-refractivity contribution in [3.8, 4) is 0 Å². The van der Waals surface area contributed by atoms with Gasteiger partial charge in [0.2, 0.25) is 0 Å². The van der Waals surface area contributed by atoms with E-state index in [0.717, 1.165) is 16.3 Å². The number of aromatic nitrogens is 4. The minimum Gasteiger partial charge on any atom is -0.347 e. The Kier molecular flexibility index (Phi) is 3.73. The molecular formula is C18H22BrN5O. The molecule has 2 aromatic heterocycles. The normalized spacial score (nSPS) is 32.9. The molecule has 132 valence electrons. The molecular weight excluding hydrogens is 382 g/mol. The predicted molar refractivity (Wildman–Crippen MR) is 95.9 cm³/mol. The summed E-state index contributed by atoms with van der Waals surface area (Å²) >= 11 is 3.38. The summed E-state index contributed by atoms with van der Waals surface area (Å²) in [7, 11) is 0. The molecule has 4 fully saturated rings. The summed E-state index contributed by atoms with van der Waals surface area (Å²) in [4.78, 5) is 12.7. The smallest absolute Gasteiger partial charge is 0.272 e. The van der Waals surface area contributed by atoms with Gasteiger partial charge in [-0.2, -0.15) is 10.2 Å². The predicted octanol–water partition coefficient (Wildman–Crippen LogP) is 2.90. The van der Waals surface area contributed by atoms with Gasteiger partial charge in [-0.05, 0) is 77.8 Å². The van der Waals surface area contributed by atoms with Crippen LogP contribution in [0.1, 0.15) is 42.6 Å². The molecule has 1 amide bonds. The highest BCUT2D eigenvalue weighted by Crippen LogP contribution is 2.53. The summed E-state index contributed by atoms with van der Waals surface area (Å²) in [6.07, 6.45) is 12.1. The van der Waals surface area contributed by atoms with Crippen LogP contribution in [0, 0.1) is 23.7 Å². The van der Waals surface area contributed by atoms with Crippen LogP contribution in [0.3, 0.4) is 0 Å². The molecule has 0 aliphatic heterocycles. The Hall–Kier alpha value is -1.63. The standard InChI is InChI=1S/C18H22BrN5O/c19-15-8-20-24(9-15)10-23-2-1-16(22-23)18(25)21-17-13-4-11-3-12(6-13)7-14(17)5-11/h1-2,8-9,11-14,17H,3-7,10H2,(H,21,25). The van der Waals surface area contributed by atoms with Crippen molar-refractivity contribution in [1.29, 1.82) is 0 Å². The van der Waals surface area contributed by atoms with Crippen LogP contribution in [0.4, 0.5) is 0 Å². The molecule has 2 heterocycles. The number of carbonyl (C=O) groups is 1. The first-order valence-corrected chi connectivity index (χ1v) is 9.95. The second kappa shape index (κ2) is 5.97. The van der Waals surface area contributed by atoms with Crippen molar-refractivity contribution in [2.75, 3.05) is 0 Å². The molecule has 4 aliphatic carbocycles. The molecule has 0 unspecified atom stereocenters. The summed E-state index contributed by atoms with van der Waals surface area (Å²) in [6.45, 7) is 0.497. The van der Waals surface area contributed by atoms with Gasteiger partial charge in [0.05, 0.1) is 10.7 Å². The summed E-state index contributed by atoms with van der Waals surface area (Å²) < 4.78 is 4.45. The Morgan fingerprint density at radius 1 is 1.16 bits per heavy atom. The van der Waals surface area contributed by atoms with Gasteiger partial charge in [-0.25, -0.2) is 4.68 Å². The minimum atomic E-state index is -0.0298. The molecule has 6 nitrogen and oxygen atoms in total. The Labute approximate surface area is 155 Å². The zero-order valence-corrected chi connectivity index (χ0v) is 15.6. The maximum atomic E-state index is 12.7. The lowest BCUT2D eigenvalue weighted by atomic mass is 9.54. The highest BCUT2D eigenvalue weighted by molar-refractivity contribution is 9.10. The molecule has 0 atom stereocenters. The fourth-order valence-electron chi connectivity index (χ4n) is 5.51. The van der Waals surface area contributed by atoms with E-state index >= 15 is 0 Å². The van der Waals surface area contributed by atoms with Crippen LogP contribution in [-0.4, -0.2) is 31.5 Å². The van der Waals surface area contributed by atoms with Crippen molar-refractivity contribution in [2.24, 2.45) is 23.7 Å². The van der Waals surface area contributed by atoms with Crippen LogP contribution in [0.15, 0.2) is 29.1 Å². The average Bonchev–Trinajstić information content (AvgIpc) is 3.20. The number of amides is 1. The van der Waals surface area contributed by atoms with Crippen molar-refractivity contribution in [1.82, 2.24) is 24.9 Å². The summed E-state index contributed by atoms with van der Waals surface area (Å²) in [5.74, 6) is 3.18. The second-order valence-corrected chi connectivity index (χ2v) is 8.93. The molecule has 1 N–H and O–H groups in total. The summed E-state index contributed by atoms with van der Waals surface area (Å²) in [5.41, 5.74) is 0.500. The Morgan fingerprint density at radius 3 is 2.52 bits per heavy atom. The molecule has 0 spiro atoms. The highest BCUT2D eigenvalue weighted by Gasteiger charge is 2.48. The Bertz CT molecular complexity index is 769. The molecule has 0 radical (unpaired) electrons. The van der Waals surface area contributed by atoms with E-state index in [1.165, 1.54) is 32.1 Å². The van der Waals surface area contributed by atoms with Gasteiger partial charge < -0.3 is 5.32 Å². The fraction of sp³-hybridized carbons (Fsp3) is 0.611. The van der Waals surface area contributed by atoms with Crippen LogP contribution in [0.25, 0.3) is 0 Å². The van der Waals surface area contributed by atoms with Gasteiger partial charge in [0.1, 0.15) is 12.4 Å². The Morgan fingerprint density at radius 2 is 1.88 bits per heavy atom. The number of halogens is 1. The van der Waals surface area contributed by atoms with Gasteiger partial charge in [0.25, 0.3) is 5.91 Å². The van der Waals surface area contributed by atoms with Crippen LogP contribution in [-0.2, 0) is 6.67 Å². The van der Waals surface area contributed by atoms with Crippen molar-refractivity contribution < 1.29 is 4.79 Å². The van der Waals surface area contributed by atoms with Gasteiger partial charge >= 0.3 is 0 Å². The van der Waals surface area contributed by atoms with E-state index in [1.807, 2.05) is 12.4 Å². The first kappa shape index (κ1) is 15.6. The summed E-state index contributed by atoms with van der Waals surface area (Å²) in [6, 6.07) is 2.15. The topological polar surface area (TPSA) is 64.7 Å². The van der Waals surface area contributed by atoms with Crippen molar-refractivity contribution in [3.05, 3.63) is 34.8 Å². The van der Waals surface area contributed by atoms with Gasteiger partial charge in [0, 0.05) is 18.4 Å². The van der Waals surface area contributed by atoms with E-state index in [2.05, 4.69) is 31.4 Å². The van der Waals surface area contributed by atoms with Crippen molar-refractivity contribution >= 4 is 21.8 Å². The molecule has 4 aliphatic rings. The molecule has 2 aromatic rings. The lowest BCUT2D eigenvalue weighted by Crippen LogP contribution is -2.55. The largest absolute Gasteiger partial charge is 0.347 e. The van der Waals surface area contributed by atoms with Crippen molar-refractivity contribution in [3.63, 3.8) is 0 Å². The first-order chi connectivity index (χ1) is 12.1. The number of rotatable bonds is 4. The molecule has 0 aromatic carbocycles. The third-order valence-electron chi connectivity index (χ3n) is 6.29. The van der Waals surface area contributed by atoms with Crippen LogP contribution in [0.2, 0.25) is 0 Å². The van der Waals surface area contributed by atoms with E-state index < -0.39 is 0 Å². The van der Waals surface area contributed by atoms with Crippen LogP contribution in [0.5, 0.6) is 0 Å². The third kappa shape index (κ3) is 2.92. The molecule has 0 saturated heterocycles. The van der Waals surface area contributed by atoms with E-state index in [0.29, 0.717) is 30.2 Å². The molecule has 4 saturated carbocycles. The van der Waals surface area contributed by atoms with E-state index in [9.17, 15) is 4.79 Å². The number of carbonyl (C=O) groups excluding carboxylic acids is 1. The minimum absolute atomic E-state index is 0.0298. The third-order valence-corrected chi connectivity index (χ3v) is 6.70. The SMILES string of the molecule is O=C(NC1C2CC3CC(C2)CC1C3)c1ccn(Cn2cc(Br)cn2)n1. The van der Waals surface area contributed by atoms with Gasteiger partial charge in [-0.3, -0.25) is 9.48 Å². The summed E-state index contributed by atoms with van der Waals surface area (Å²) in [5, 5.41) is 12.0. The lowest BCUT2D eigenvalue weighted by molar-refractivity contribution is -0.0120. The molecule has 7 heteroatoms. The highest BCUT2D eigenvalue weighted by atomic mass is 79.9. The average molecular weight is 404 g/mol. The molecule has 25 heavy (non-hydrogen) atoms.